The van der Waals surface area contributed by atoms with Gasteiger partial charge in [-0.25, -0.2) is 0 Å². The molecule has 1 aromatic carbocycles. The lowest BCUT2D eigenvalue weighted by Gasteiger charge is -2.09. The van der Waals surface area contributed by atoms with Crippen LogP contribution in [0.2, 0.25) is 0 Å². The monoisotopic (exact) mass is 209 g/mol. The van der Waals surface area contributed by atoms with Crippen molar-refractivity contribution in [1.29, 1.82) is 0 Å². The summed E-state index contributed by atoms with van der Waals surface area (Å²) in [5.74, 6) is 0.214. The third kappa shape index (κ3) is 2.02. The van der Waals surface area contributed by atoms with Gasteiger partial charge in [0.1, 0.15) is 6.04 Å². The van der Waals surface area contributed by atoms with E-state index in [2.05, 4.69) is 5.73 Å². The molecule has 1 aliphatic heterocycles. The normalized spacial score (nSPS) is 15.0. The van der Waals surface area contributed by atoms with Crippen LogP contribution in [0.15, 0.2) is 18.2 Å². The maximum absolute atomic E-state index is 10.4. The number of benzene rings is 1. The predicted molar refractivity (Wildman–Crippen MR) is 47.8 cm³/mol. The summed E-state index contributed by atoms with van der Waals surface area (Å²) in [5.41, 5.74) is 4.57. The lowest BCUT2D eigenvalue weighted by atomic mass is 10.0. The number of aliphatic carboxylic acids is 1. The molecule has 3 N–H and O–H groups in total. The van der Waals surface area contributed by atoms with Crippen molar-refractivity contribution in [2.45, 2.75) is 12.5 Å². The first kappa shape index (κ1) is 9.79. The Morgan fingerprint density at radius 2 is 2.20 bits per heavy atom. The maximum Gasteiger partial charge on any atom is 0.231 e. The Kier molecular flexibility index (Phi) is 2.47. The average Bonchev–Trinajstić information content (AvgIpc) is 2.62. The first-order valence-electron chi connectivity index (χ1n) is 4.59. The predicted octanol–water partition coefficient (Wildman–Crippen LogP) is -1.16. The van der Waals surface area contributed by atoms with Crippen LogP contribution in [0.3, 0.4) is 0 Å². The van der Waals surface area contributed by atoms with Gasteiger partial charge in [-0.05, 0) is 18.2 Å². The fourth-order valence-corrected chi connectivity index (χ4v) is 1.49. The second kappa shape index (κ2) is 3.78. The number of carboxylic acids is 1. The number of hydrogen-bond donors (Lipinski definition) is 1. The third-order valence-corrected chi connectivity index (χ3v) is 2.28. The zero-order valence-electron chi connectivity index (χ0n) is 8.06. The van der Waals surface area contributed by atoms with Crippen LogP contribution in [0.25, 0.3) is 0 Å². The molecule has 0 bridgehead atoms. The van der Waals surface area contributed by atoms with Crippen LogP contribution in [0.1, 0.15) is 18.0 Å². The Hall–Kier alpha value is -1.75. The number of rotatable bonds is 3. The van der Waals surface area contributed by atoms with Crippen molar-refractivity contribution in [2.75, 3.05) is 6.79 Å². The summed E-state index contributed by atoms with van der Waals surface area (Å²) >= 11 is 0. The number of carboxylic acid groups (broad SMARTS) is 1. The highest BCUT2D eigenvalue weighted by atomic mass is 16.7. The standard InChI is InChI=1S/C10H11NO4/c11-7(4-10(12)13)6-1-2-8-9(3-6)15-5-14-8/h1-3,7H,4-5,11H2,(H,12,13)/t7-/m1/s1. The summed E-state index contributed by atoms with van der Waals surface area (Å²) in [6.07, 6.45) is -0.0976. The second-order valence-electron chi connectivity index (χ2n) is 3.39. The summed E-state index contributed by atoms with van der Waals surface area (Å²) in [7, 11) is 0. The fourth-order valence-electron chi connectivity index (χ4n) is 1.49. The molecule has 5 heteroatoms. The minimum Gasteiger partial charge on any atom is -0.550 e. The van der Waals surface area contributed by atoms with Crippen molar-refractivity contribution in [3.8, 4) is 11.5 Å². The average molecular weight is 209 g/mol. The Morgan fingerprint density at radius 3 is 2.93 bits per heavy atom. The van der Waals surface area contributed by atoms with Gasteiger partial charge in [0.2, 0.25) is 6.79 Å². The second-order valence-corrected chi connectivity index (χ2v) is 3.39. The van der Waals surface area contributed by atoms with Crippen LogP contribution in [0, 0.1) is 0 Å². The summed E-state index contributed by atoms with van der Waals surface area (Å²) in [4.78, 5) is 10.4. The topological polar surface area (TPSA) is 86.2 Å². The van der Waals surface area contributed by atoms with Gasteiger partial charge in [0.05, 0.1) is 0 Å². The number of ether oxygens (including phenoxy) is 2. The molecule has 0 aromatic heterocycles. The highest BCUT2D eigenvalue weighted by molar-refractivity contribution is 5.65. The molecule has 0 saturated carbocycles. The Morgan fingerprint density at radius 1 is 1.47 bits per heavy atom. The van der Waals surface area contributed by atoms with E-state index in [0.717, 1.165) is 5.56 Å². The van der Waals surface area contributed by atoms with Crippen LogP contribution in [-0.4, -0.2) is 12.8 Å². The van der Waals surface area contributed by atoms with Gasteiger partial charge in [0, 0.05) is 18.0 Å². The molecule has 0 amide bonds. The van der Waals surface area contributed by atoms with Gasteiger partial charge < -0.3 is 25.1 Å². The van der Waals surface area contributed by atoms with Crippen LogP contribution in [0.4, 0.5) is 0 Å². The summed E-state index contributed by atoms with van der Waals surface area (Å²) in [6.45, 7) is 0.209. The van der Waals surface area contributed by atoms with Crippen molar-refractivity contribution in [3.05, 3.63) is 23.8 Å². The molecule has 1 aromatic rings. The van der Waals surface area contributed by atoms with E-state index in [1.54, 1.807) is 18.2 Å². The molecule has 1 aliphatic rings. The molecular weight excluding hydrogens is 198 g/mol. The molecule has 1 heterocycles. The minimum atomic E-state index is -1.10. The summed E-state index contributed by atoms with van der Waals surface area (Å²) in [5, 5.41) is 10.4. The van der Waals surface area contributed by atoms with Gasteiger partial charge in [-0.15, -0.1) is 0 Å². The highest BCUT2D eigenvalue weighted by Crippen LogP contribution is 2.33. The number of carbonyl (C=O) groups excluding carboxylic acids is 1. The Bertz CT molecular complexity index is 391. The van der Waals surface area contributed by atoms with E-state index in [0.29, 0.717) is 11.5 Å². The van der Waals surface area contributed by atoms with Gasteiger partial charge in [-0.2, -0.15) is 0 Å². The van der Waals surface area contributed by atoms with Crippen LogP contribution < -0.4 is 20.3 Å². The smallest absolute Gasteiger partial charge is 0.231 e. The van der Waals surface area contributed by atoms with Crippen molar-refractivity contribution in [3.63, 3.8) is 0 Å². The van der Waals surface area contributed by atoms with Gasteiger partial charge >= 0.3 is 0 Å². The first-order chi connectivity index (χ1) is 7.16. The lowest BCUT2D eigenvalue weighted by Crippen LogP contribution is -2.55. The van der Waals surface area contributed by atoms with Gasteiger partial charge in [0.15, 0.2) is 11.5 Å². The van der Waals surface area contributed by atoms with Crippen molar-refractivity contribution < 1.29 is 25.1 Å². The first-order valence-corrected chi connectivity index (χ1v) is 4.59. The molecule has 0 unspecified atom stereocenters. The number of carbonyl (C=O) groups is 1. The molecule has 1 atom stereocenters. The van der Waals surface area contributed by atoms with E-state index in [-0.39, 0.29) is 19.3 Å². The summed E-state index contributed by atoms with van der Waals surface area (Å²) in [6, 6.07) is 4.96. The minimum absolute atomic E-state index is 0.0976. The van der Waals surface area contributed by atoms with E-state index in [9.17, 15) is 9.90 Å². The molecule has 0 spiro atoms. The Balaban J connectivity index is 2.19. The van der Waals surface area contributed by atoms with Crippen LogP contribution in [0.5, 0.6) is 11.5 Å². The SMILES string of the molecule is [NH3+][C@H](CC(=O)[O-])c1ccc2c(c1)OCO2. The third-order valence-electron chi connectivity index (χ3n) is 2.28. The van der Waals surface area contributed by atoms with E-state index < -0.39 is 5.97 Å². The number of fused-ring (bicyclic) bond motifs is 1. The number of hydrogen-bond acceptors (Lipinski definition) is 4. The van der Waals surface area contributed by atoms with E-state index in [1.807, 2.05) is 0 Å². The number of quaternary nitrogens is 1. The van der Waals surface area contributed by atoms with Crippen molar-refractivity contribution in [2.24, 2.45) is 0 Å². The zero-order valence-corrected chi connectivity index (χ0v) is 8.06. The van der Waals surface area contributed by atoms with Gasteiger partial charge in [-0.1, -0.05) is 0 Å². The maximum atomic E-state index is 10.4. The molecule has 5 nitrogen and oxygen atoms in total. The van der Waals surface area contributed by atoms with Gasteiger partial charge in [-0.3, -0.25) is 0 Å². The molecule has 80 valence electrons. The molecule has 0 radical (unpaired) electrons. The molecular formula is C10H11NO4. The zero-order chi connectivity index (χ0) is 10.8. The molecule has 0 aliphatic carbocycles. The van der Waals surface area contributed by atoms with E-state index >= 15 is 0 Å². The lowest BCUT2D eigenvalue weighted by molar-refractivity contribution is -0.430. The molecule has 15 heavy (non-hydrogen) atoms. The van der Waals surface area contributed by atoms with E-state index in [4.69, 9.17) is 9.47 Å². The van der Waals surface area contributed by atoms with Crippen LogP contribution >= 0.6 is 0 Å². The van der Waals surface area contributed by atoms with E-state index in [1.165, 1.54) is 0 Å². The Labute approximate surface area is 86.4 Å². The highest BCUT2D eigenvalue weighted by Gasteiger charge is 2.17. The molecule has 0 fully saturated rings. The van der Waals surface area contributed by atoms with Crippen molar-refractivity contribution in [1.82, 2.24) is 0 Å². The van der Waals surface area contributed by atoms with Crippen LogP contribution in [-0.2, 0) is 4.79 Å². The fraction of sp³-hybridized carbons (Fsp3) is 0.300. The van der Waals surface area contributed by atoms with Crippen molar-refractivity contribution >= 4 is 5.97 Å². The quantitative estimate of drug-likeness (QED) is 0.680. The largest absolute Gasteiger partial charge is 0.550 e. The van der Waals surface area contributed by atoms with Gasteiger partial charge in [0.25, 0.3) is 0 Å². The molecule has 0 saturated heterocycles. The summed E-state index contributed by atoms with van der Waals surface area (Å²) < 4.78 is 10.3. The molecule has 2 rings (SSSR count).